The number of benzene rings is 1. The zero-order valence-electron chi connectivity index (χ0n) is 10.7. The minimum atomic E-state index is -4.68. The Labute approximate surface area is 118 Å². The first-order valence-electron chi connectivity index (χ1n) is 6.04. The van der Waals surface area contributed by atoms with Gasteiger partial charge in [-0.25, -0.2) is 4.98 Å². The highest BCUT2D eigenvalue weighted by atomic mass is 32.1. The van der Waals surface area contributed by atoms with Gasteiger partial charge in [0.15, 0.2) is 5.13 Å². The molecule has 1 aromatic carbocycles. The number of aromatic nitrogens is 1. The summed E-state index contributed by atoms with van der Waals surface area (Å²) in [5.41, 5.74) is 0.647. The smallest absolute Gasteiger partial charge is 0.406 e. The zero-order valence-corrected chi connectivity index (χ0v) is 11.5. The van der Waals surface area contributed by atoms with Crippen LogP contribution in [0.4, 0.5) is 18.3 Å². The standard InChI is InChI=1S/C13H13F3N2OS/c1-2-6-17-12-18-8-11(20-12)9-4-3-5-10(7-9)19-13(14,15)16/h3-5,7-8H,2,6H2,1H3,(H,17,18). The molecule has 0 spiro atoms. The van der Waals surface area contributed by atoms with Gasteiger partial charge in [0.05, 0.1) is 4.88 Å². The molecule has 2 rings (SSSR count). The minimum Gasteiger partial charge on any atom is -0.406 e. The molecule has 1 aromatic heterocycles. The number of hydrogen-bond acceptors (Lipinski definition) is 4. The molecule has 0 aliphatic heterocycles. The van der Waals surface area contributed by atoms with E-state index in [1.54, 1.807) is 12.3 Å². The molecule has 20 heavy (non-hydrogen) atoms. The van der Waals surface area contributed by atoms with E-state index in [-0.39, 0.29) is 5.75 Å². The third-order valence-electron chi connectivity index (χ3n) is 2.38. The normalized spacial score (nSPS) is 11.4. The molecule has 0 aliphatic rings. The molecule has 1 heterocycles. The van der Waals surface area contributed by atoms with Crippen LogP contribution in [0, 0.1) is 0 Å². The Morgan fingerprint density at radius 2 is 2.15 bits per heavy atom. The molecule has 3 nitrogen and oxygen atoms in total. The Morgan fingerprint density at radius 1 is 1.35 bits per heavy atom. The van der Waals surface area contributed by atoms with E-state index in [2.05, 4.69) is 15.0 Å². The monoisotopic (exact) mass is 302 g/mol. The summed E-state index contributed by atoms with van der Waals surface area (Å²) in [6.45, 7) is 2.85. The fraction of sp³-hybridized carbons (Fsp3) is 0.308. The molecule has 0 unspecified atom stereocenters. The van der Waals surface area contributed by atoms with E-state index >= 15 is 0 Å². The van der Waals surface area contributed by atoms with E-state index in [0.717, 1.165) is 23.0 Å². The predicted molar refractivity (Wildman–Crippen MR) is 73.0 cm³/mol. The van der Waals surface area contributed by atoms with Gasteiger partial charge in [-0.2, -0.15) is 0 Å². The summed E-state index contributed by atoms with van der Waals surface area (Å²) in [5, 5.41) is 3.89. The van der Waals surface area contributed by atoms with Crippen molar-refractivity contribution in [3.05, 3.63) is 30.5 Å². The lowest BCUT2D eigenvalue weighted by atomic mass is 10.2. The number of ether oxygens (including phenoxy) is 1. The lowest BCUT2D eigenvalue weighted by molar-refractivity contribution is -0.274. The molecule has 108 valence electrons. The van der Waals surface area contributed by atoms with Gasteiger partial charge in [0, 0.05) is 12.7 Å². The van der Waals surface area contributed by atoms with Crippen molar-refractivity contribution in [2.75, 3.05) is 11.9 Å². The zero-order chi connectivity index (χ0) is 14.6. The maximum atomic E-state index is 12.2. The summed E-state index contributed by atoms with van der Waals surface area (Å²) in [7, 11) is 0. The van der Waals surface area contributed by atoms with E-state index in [9.17, 15) is 13.2 Å². The van der Waals surface area contributed by atoms with Crippen molar-refractivity contribution >= 4 is 16.5 Å². The van der Waals surface area contributed by atoms with Crippen LogP contribution in [-0.4, -0.2) is 17.9 Å². The molecule has 0 atom stereocenters. The van der Waals surface area contributed by atoms with Gasteiger partial charge in [-0.05, 0) is 24.1 Å². The lowest BCUT2D eigenvalue weighted by Crippen LogP contribution is -2.17. The Bertz CT molecular complexity index is 569. The summed E-state index contributed by atoms with van der Waals surface area (Å²) in [6.07, 6.45) is -2.07. The van der Waals surface area contributed by atoms with Crippen LogP contribution < -0.4 is 10.1 Å². The topological polar surface area (TPSA) is 34.2 Å². The summed E-state index contributed by atoms with van der Waals surface area (Å²) < 4.78 is 40.4. The van der Waals surface area contributed by atoms with E-state index < -0.39 is 6.36 Å². The summed E-state index contributed by atoms with van der Waals surface area (Å²) in [6, 6.07) is 5.87. The number of hydrogen-bond donors (Lipinski definition) is 1. The van der Waals surface area contributed by atoms with Gasteiger partial charge in [0.25, 0.3) is 0 Å². The molecule has 0 fully saturated rings. The number of anilines is 1. The van der Waals surface area contributed by atoms with Crippen LogP contribution >= 0.6 is 11.3 Å². The highest BCUT2D eigenvalue weighted by molar-refractivity contribution is 7.18. The van der Waals surface area contributed by atoms with Gasteiger partial charge in [0.2, 0.25) is 0 Å². The van der Waals surface area contributed by atoms with Gasteiger partial charge in [-0.1, -0.05) is 30.4 Å². The molecule has 0 bridgehead atoms. The quantitative estimate of drug-likeness (QED) is 0.881. The second-order valence-corrected chi connectivity index (χ2v) is 5.06. The summed E-state index contributed by atoms with van der Waals surface area (Å²) >= 11 is 1.39. The highest BCUT2D eigenvalue weighted by Crippen LogP contribution is 2.32. The number of nitrogens with one attached hydrogen (secondary N) is 1. The Kier molecular flexibility index (Phi) is 4.49. The van der Waals surface area contributed by atoms with Gasteiger partial charge < -0.3 is 10.1 Å². The van der Waals surface area contributed by atoms with Crippen molar-refractivity contribution in [3.8, 4) is 16.2 Å². The molecule has 0 radical (unpaired) electrons. The van der Waals surface area contributed by atoms with Crippen molar-refractivity contribution < 1.29 is 17.9 Å². The summed E-state index contributed by atoms with van der Waals surface area (Å²) in [4.78, 5) is 4.97. The SMILES string of the molecule is CCCNc1ncc(-c2cccc(OC(F)(F)F)c2)s1. The lowest BCUT2D eigenvalue weighted by Gasteiger charge is -2.09. The average molecular weight is 302 g/mol. The molecule has 1 N–H and O–H groups in total. The number of alkyl halides is 3. The fourth-order valence-corrected chi connectivity index (χ4v) is 2.41. The number of thiazole rings is 1. The first kappa shape index (κ1) is 14.6. The third kappa shape index (κ3) is 4.12. The molecule has 2 aromatic rings. The van der Waals surface area contributed by atoms with Crippen LogP contribution in [0.25, 0.3) is 10.4 Å². The second-order valence-electron chi connectivity index (χ2n) is 4.03. The molecular formula is C13H13F3N2OS. The average Bonchev–Trinajstić information content (AvgIpc) is 2.83. The van der Waals surface area contributed by atoms with E-state index in [1.807, 2.05) is 6.92 Å². The number of halogens is 3. The molecule has 0 saturated heterocycles. The highest BCUT2D eigenvalue weighted by Gasteiger charge is 2.31. The van der Waals surface area contributed by atoms with Gasteiger partial charge in [-0.3, -0.25) is 0 Å². The van der Waals surface area contributed by atoms with E-state index in [4.69, 9.17) is 0 Å². The molecule has 0 saturated carbocycles. The van der Waals surface area contributed by atoms with Crippen molar-refractivity contribution in [2.45, 2.75) is 19.7 Å². The molecule has 0 amide bonds. The van der Waals surface area contributed by atoms with Crippen LogP contribution in [0.1, 0.15) is 13.3 Å². The van der Waals surface area contributed by atoms with Crippen molar-refractivity contribution in [3.63, 3.8) is 0 Å². The fourth-order valence-electron chi connectivity index (χ4n) is 1.57. The number of nitrogens with zero attached hydrogens (tertiary/aromatic N) is 1. The summed E-state index contributed by atoms with van der Waals surface area (Å²) in [5.74, 6) is -0.230. The van der Waals surface area contributed by atoms with E-state index in [1.165, 1.54) is 29.5 Å². The first-order valence-corrected chi connectivity index (χ1v) is 6.85. The maximum absolute atomic E-state index is 12.2. The number of rotatable bonds is 5. The van der Waals surface area contributed by atoms with Crippen molar-refractivity contribution in [1.82, 2.24) is 4.98 Å². The Morgan fingerprint density at radius 3 is 2.85 bits per heavy atom. The molecule has 7 heteroatoms. The maximum Gasteiger partial charge on any atom is 0.573 e. The van der Waals surface area contributed by atoms with Crippen LogP contribution in [0.2, 0.25) is 0 Å². The van der Waals surface area contributed by atoms with E-state index in [0.29, 0.717) is 5.56 Å². The van der Waals surface area contributed by atoms with Crippen LogP contribution in [0.3, 0.4) is 0 Å². The molecule has 0 aliphatic carbocycles. The van der Waals surface area contributed by atoms with Crippen molar-refractivity contribution in [2.24, 2.45) is 0 Å². The van der Waals surface area contributed by atoms with Crippen molar-refractivity contribution in [1.29, 1.82) is 0 Å². The van der Waals surface area contributed by atoms with Crippen LogP contribution in [-0.2, 0) is 0 Å². The second kappa shape index (κ2) is 6.13. The Hall–Kier alpha value is -1.76. The first-order chi connectivity index (χ1) is 9.48. The largest absolute Gasteiger partial charge is 0.573 e. The van der Waals surface area contributed by atoms with Gasteiger partial charge in [-0.15, -0.1) is 13.2 Å². The predicted octanol–water partition coefficient (Wildman–Crippen LogP) is 4.53. The third-order valence-corrected chi connectivity index (χ3v) is 3.39. The van der Waals surface area contributed by atoms with Crippen LogP contribution in [0.5, 0.6) is 5.75 Å². The Balaban J connectivity index is 2.16. The minimum absolute atomic E-state index is 0.230. The molecular weight excluding hydrogens is 289 g/mol. The van der Waals surface area contributed by atoms with Gasteiger partial charge >= 0.3 is 6.36 Å². The van der Waals surface area contributed by atoms with Gasteiger partial charge in [0.1, 0.15) is 5.75 Å². The van der Waals surface area contributed by atoms with Crippen LogP contribution in [0.15, 0.2) is 30.5 Å².